The second-order valence-corrected chi connectivity index (χ2v) is 9.77. The highest BCUT2D eigenvalue weighted by Crippen LogP contribution is 2.38. The summed E-state index contributed by atoms with van der Waals surface area (Å²) in [6, 6.07) is 12.3. The van der Waals surface area contributed by atoms with Gasteiger partial charge in [-0.05, 0) is 57.2 Å². The van der Waals surface area contributed by atoms with Gasteiger partial charge in [-0.2, -0.15) is 0 Å². The third kappa shape index (κ3) is 5.09. The highest BCUT2D eigenvalue weighted by Gasteiger charge is 2.45. The topological polar surface area (TPSA) is 86.4 Å². The van der Waals surface area contributed by atoms with Crippen LogP contribution in [0.2, 0.25) is 0 Å². The van der Waals surface area contributed by atoms with Crippen LogP contribution in [0.25, 0.3) is 11.1 Å². The standard InChI is InChI=1S/C26H35N5O2/c1-18(2)29-25(33)26(11-7-13-31(17-26)24(32)23-16-28-30-19(23)3)14-20-8-4-5-10-22(20)21-9-6-12-27-15-21/h4-6,8-10,12,15,18-19,23,28,30H,7,11,13-14,16-17H2,1-3H3,(H,29,33). The molecule has 2 aliphatic rings. The van der Waals surface area contributed by atoms with Crippen LogP contribution < -0.4 is 16.2 Å². The van der Waals surface area contributed by atoms with Gasteiger partial charge in [0.05, 0.1) is 11.3 Å². The molecule has 3 heterocycles. The van der Waals surface area contributed by atoms with Crippen LogP contribution >= 0.6 is 0 Å². The number of aromatic nitrogens is 1. The molecule has 0 bridgehead atoms. The number of carbonyl (C=O) groups excluding carboxylic acids is 2. The maximum Gasteiger partial charge on any atom is 0.228 e. The Labute approximate surface area is 196 Å². The maximum atomic E-state index is 13.7. The zero-order chi connectivity index (χ0) is 23.4. The minimum Gasteiger partial charge on any atom is -0.353 e. The van der Waals surface area contributed by atoms with Gasteiger partial charge in [0.15, 0.2) is 0 Å². The van der Waals surface area contributed by atoms with Crippen molar-refractivity contribution >= 4 is 11.8 Å². The van der Waals surface area contributed by atoms with Crippen LogP contribution in [0.1, 0.15) is 39.2 Å². The van der Waals surface area contributed by atoms with E-state index in [1.54, 1.807) is 6.20 Å². The number of pyridine rings is 1. The Hall–Kier alpha value is -2.77. The van der Waals surface area contributed by atoms with E-state index in [1.165, 1.54) is 0 Å². The lowest BCUT2D eigenvalue weighted by atomic mass is 9.72. The van der Waals surface area contributed by atoms with Gasteiger partial charge in [0, 0.05) is 49.7 Å². The average Bonchev–Trinajstić information content (AvgIpc) is 3.25. The van der Waals surface area contributed by atoms with E-state index in [4.69, 9.17) is 0 Å². The molecule has 4 rings (SSSR count). The Morgan fingerprint density at radius 2 is 2.06 bits per heavy atom. The third-order valence-electron chi connectivity index (χ3n) is 6.88. The number of hydrogen-bond donors (Lipinski definition) is 3. The number of likely N-dealkylation sites (tertiary alicyclic amines) is 1. The zero-order valence-corrected chi connectivity index (χ0v) is 19.8. The molecule has 2 amide bonds. The lowest BCUT2D eigenvalue weighted by molar-refractivity contribution is -0.144. The first-order valence-electron chi connectivity index (χ1n) is 12.0. The van der Waals surface area contributed by atoms with E-state index >= 15 is 0 Å². The Bertz CT molecular complexity index is 980. The summed E-state index contributed by atoms with van der Waals surface area (Å²) in [5.41, 5.74) is 8.80. The van der Waals surface area contributed by atoms with E-state index in [0.717, 1.165) is 29.5 Å². The van der Waals surface area contributed by atoms with Crippen molar-refractivity contribution in [3.63, 3.8) is 0 Å². The number of benzene rings is 1. The molecule has 0 radical (unpaired) electrons. The van der Waals surface area contributed by atoms with E-state index < -0.39 is 5.41 Å². The molecule has 7 heteroatoms. The van der Waals surface area contributed by atoms with Crippen molar-refractivity contribution in [2.75, 3.05) is 19.6 Å². The Kier molecular flexibility index (Phi) is 7.10. The second-order valence-electron chi connectivity index (χ2n) is 9.77. The first-order valence-corrected chi connectivity index (χ1v) is 12.0. The molecule has 3 unspecified atom stereocenters. The minimum atomic E-state index is -0.667. The highest BCUT2D eigenvalue weighted by atomic mass is 16.2. The van der Waals surface area contributed by atoms with Crippen molar-refractivity contribution in [1.82, 2.24) is 26.1 Å². The molecule has 2 fully saturated rings. The summed E-state index contributed by atoms with van der Waals surface area (Å²) in [7, 11) is 0. The van der Waals surface area contributed by atoms with Gasteiger partial charge >= 0.3 is 0 Å². The van der Waals surface area contributed by atoms with Gasteiger partial charge in [0.1, 0.15) is 0 Å². The van der Waals surface area contributed by atoms with Gasteiger partial charge in [0.25, 0.3) is 0 Å². The minimum absolute atomic E-state index is 0.0340. The molecule has 3 atom stereocenters. The summed E-state index contributed by atoms with van der Waals surface area (Å²) in [4.78, 5) is 33.2. The number of hydrazine groups is 1. The Morgan fingerprint density at radius 1 is 1.24 bits per heavy atom. The fourth-order valence-corrected chi connectivity index (χ4v) is 5.13. The van der Waals surface area contributed by atoms with Crippen molar-refractivity contribution in [2.45, 2.75) is 52.1 Å². The average molecular weight is 450 g/mol. The first-order chi connectivity index (χ1) is 15.9. The first kappa shape index (κ1) is 23.4. The smallest absolute Gasteiger partial charge is 0.228 e. The largest absolute Gasteiger partial charge is 0.353 e. The predicted octanol–water partition coefficient (Wildman–Crippen LogP) is 2.54. The van der Waals surface area contributed by atoms with E-state index in [9.17, 15) is 9.59 Å². The summed E-state index contributed by atoms with van der Waals surface area (Å²) in [5.74, 6) is 0.0466. The third-order valence-corrected chi connectivity index (χ3v) is 6.88. The molecule has 0 spiro atoms. The lowest BCUT2D eigenvalue weighted by Crippen LogP contribution is -2.57. The molecule has 1 aromatic carbocycles. The van der Waals surface area contributed by atoms with Crippen molar-refractivity contribution in [3.8, 4) is 11.1 Å². The van der Waals surface area contributed by atoms with Crippen LogP contribution in [-0.4, -0.2) is 53.4 Å². The maximum absolute atomic E-state index is 13.7. The van der Waals surface area contributed by atoms with Gasteiger partial charge in [-0.25, -0.2) is 0 Å². The fourth-order valence-electron chi connectivity index (χ4n) is 5.13. The molecule has 0 aliphatic carbocycles. The Morgan fingerprint density at radius 3 is 2.76 bits per heavy atom. The number of carbonyl (C=O) groups is 2. The van der Waals surface area contributed by atoms with Gasteiger partial charge in [-0.15, -0.1) is 0 Å². The number of amides is 2. The molecule has 3 N–H and O–H groups in total. The quantitative estimate of drug-likeness (QED) is 0.631. The molecule has 2 aliphatic heterocycles. The second kappa shape index (κ2) is 10.0. The van der Waals surface area contributed by atoms with Gasteiger partial charge in [-0.1, -0.05) is 30.3 Å². The molecule has 2 aromatic rings. The monoisotopic (exact) mass is 449 g/mol. The molecule has 7 nitrogen and oxygen atoms in total. The van der Waals surface area contributed by atoms with E-state index in [0.29, 0.717) is 26.1 Å². The number of nitrogens with one attached hydrogen (secondary N) is 3. The number of rotatable bonds is 6. The summed E-state index contributed by atoms with van der Waals surface area (Å²) in [6.45, 7) is 7.75. The molecule has 1 aromatic heterocycles. The van der Waals surface area contributed by atoms with Gasteiger partial charge in [0.2, 0.25) is 11.8 Å². The van der Waals surface area contributed by atoms with Gasteiger partial charge in [-0.3, -0.25) is 25.4 Å². The summed E-state index contributed by atoms with van der Waals surface area (Å²) >= 11 is 0. The SMILES string of the molecule is CC(C)NC(=O)C1(Cc2ccccc2-c2cccnc2)CCCN(C(=O)C2CNNC2C)C1. The van der Waals surface area contributed by atoms with E-state index in [-0.39, 0.29) is 29.8 Å². The van der Waals surface area contributed by atoms with Crippen LogP contribution in [0.5, 0.6) is 0 Å². The van der Waals surface area contributed by atoms with Crippen LogP contribution in [0.4, 0.5) is 0 Å². The van der Waals surface area contributed by atoms with Crippen molar-refractivity contribution < 1.29 is 9.59 Å². The zero-order valence-electron chi connectivity index (χ0n) is 19.8. The lowest BCUT2D eigenvalue weighted by Gasteiger charge is -2.43. The van der Waals surface area contributed by atoms with Crippen molar-refractivity contribution in [2.24, 2.45) is 11.3 Å². The number of nitrogens with zero attached hydrogens (tertiary/aromatic N) is 2. The highest BCUT2D eigenvalue weighted by molar-refractivity contribution is 5.86. The molecule has 0 saturated carbocycles. The molecular formula is C26H35N5O2. The van der Waals surface area contributed by atoms with Crippen LogP contribution in [0.15, 0.2) is 48.8 Å². The molecule has 33 heavy (non-hydrogen) atoms. The van der Waals surface area contributed by atoms with Crippen molar-refractivity contribution in [3.05, 3.63) is 54.4 Å². The molecular weight excluding hydrogens is 414 g/mol. The van der Waals surface area contributed by atoms with E-state index in [1.807, 2.05) is 56.1 Å². The molecule has 176 valence electrons. The normalized spacial score (nSPS) is 25.3. The van der Waals surface area contributed by atoms with Crippen LogP contribution in [-0.2, 0) is 16.0 Å². The predicted molar refractivity (Wildman–Crippen MR) is 129 cm³/mol. The van der Waals surface area contributed by atoms with Crippen molar-refractivity contribution in [1.29, 1.82) is 0 Å². The Balaban J connectivity index is 1.66. The summed E-state index contributed by atoms with van der Waals surface area (Å²) in [5, 5.41) is 3.16. The van der Waals surface area contributed by atoms with Crippen LogP contribution in [0, 0.1) is 11.3 Å². The summed E-state index contributed by atoms with van der Waals surface area (Å²) in [6.07, 6.45) is 5.78. The number of piperidine rings is 1. The van der Waals surface area contributed by atoms with E-state index in [2.05, 4.69) is 33.3 Å². The fraction of sp³-hybridized carbons (Fsp3) is 0.500. The van der Waals surface area contributed by atoms with Gasteiger partial charge < -0.3 is 10.2 Å². The summed E-state index contributed by atoms with van der Waals surface area (Å²) < 4.78 is 0. The molecule has 2 saturated heterocycles. The van der Waals surface area contributed by atoms with Crippen LogP contribution in [0.3, 0.4) is 0 Å². The number of hydrogen-bond acceptors (Lipinski definition) is 5.